The van der Waals surface area contributed by atoms with Crippen molar-refractivity contribution in [3.63, 3.8) is 0 Å². The Bertz CT molecular complexity index is 974. The molecule has 8 nitrogen and oxygen atoms in total. The maximum atomic E-state index is 12.5. The number of aromatic amines is 2. The number of benzene rings is 1. The van der Waals surface area contributed by atoms with Gasteiger partial charge in [-0.25, -0.2) is 4.79 Å². The van der Waals surface area contributed by atoms with Crippen molar-refractivity contribution in [3.05, 3.63) is 61.9 Å². The number of H-pyrrole nitrogens is 2. The zero-order valence-electron chi connectivity index (χ0n) is 14.7. The summed E-state index contributed by atoms with van der Waals surface area (Å²) in [5, 5.41) is 12.7. The van der Waals surface area contributed by atoms with E-state index in [9.17, 15) is 19.5 Å². The summed E-state index contributed by atoms with van der Waals surface area (Å²) in [6.45, 7) is 0.660. The van der Waals surface area contributed by atoms with Gasteiger partial charge in [-0.15, -0.1) is 0 Å². The topological polar surface area (TPSA) is 124 Å². The summed E-state index contributed by atoms with van der Waals surface area (Å²) in [4.78, 5) is 39.9. The van der Waals surface area contributed by atoms with Gasteiger partial charge in [-0.05, 0) is 42.0 Å². The monoisotopic (exact) mass is 371 g/mol. The van der Waals surface area contributed by atoms with Crippen LogP contribution in [0.25, 0.3) is 0 Å². The third kappa shape index (κ3) is 3.66. The van der Waals surface area contributed by atoms with Gasteiger partial charge < -0.3 is 20.1 Å². The van der Waals surface area contributed by atoms with Crippen molar-refractivity contribution in [2.45, 2.75) is 37.8 Å². The molecule has 1 atom stereocenters. The van der Waals surface area contributed by atoms with Crippen LogP contribution in [0.5, 0.6) is 5.75 Å². The number of aliphatic hydroxyl groups excluding tert-OH is 1. The number of fused-ring (bicyclic) bond motifs is 1. The number of hydrogen-bond acceptors (Lipinski definition) is 5. The molecule has 2 aromatic rings. The van der Waals surface area contributed by atoms with Gasteiger partial charge in [0.1, 0.15) is 5.75 Å². The van der Waals surface area contributed by atoms with E-state index in [-0.39, 0.29) is 36.0 Å². The van der Waals surface area contributed by atoms with Gasteiger partial charge in [0, 0.05) is 18.2 Å². The molecule has 2 heterocycles. The van der Waals surface area contributed by atoms with Crippen LogP contribution in [0.2, 0.25) is 0 Å². The Morgan fingerprint density at radius 1 is 1.33 bits per heavy atom. The van der Waals surface area contributed by atoms with Crippen LogP contribution in [0.1, 0.15) is 35.6 Å². The summed E-state index contributed by atoms with van der Waals surface area (Å²) < 4.78 is 5.54. The molecule has 1 aromatic heterocycles. The predicted octanol–water partition coefficient (Wildman–Crippen LogP) is 0.169. The summed E-state index contributed by atoms with van der Waals surface area (Å²) in [5.74, 6) is 0.700. The first kappa shape index (κ1) is 17.5. The van der Waals surface area contributed by atoms with Gasteiger partial charge in [-0.2, -0.15) is 0 Å². The number of nitrogens with one attached hydrogen (secondary N) is 3. The van der Waals surface area contributed by atoms with Crippen LogP contribution in [0.4, 0.5) is 0 Å². The molecule has 2 aliphatic rings. The molecule has 1 aromatic carbocycles. The Morgan fingerprint density at radius 3 is 2.89 bits per heavy atom. The average Bonchev–Trinajstić information content (AvgIpc) is 3.07. The molecule has 0 radical (unpaired) electrons. The van der Waals surface area contributed by atoms with E-state index >= 15 is 0 Å². The van der Waals surface area contributed by atoms with E-state index in [1.165, 1.54) is 6.20 Å². The maximum absolute atomic E-state index is 12.5. The van der Waals surface area contributed by atoms with E-state index in [1.807, 2.05) is 18.2 Å². The Labute approximate surface area is 154 Å². The average molecular weight is 371 g/mol. The highest BCUT2D eigenvalue weighted by molar-refractivity contribution is 5.79. The Kier molecular flexibility index (Phi) is 4.57. The molecule has 1 fully saturated rings. The fourth-order valence-corrected chi connectivity index (χ4v) is 3.74. The highest BCUT2D eigenvalue weighted by Crippen LogP contribution is 2.39. The summed E-state index contributed by atoms with van der Waals surface area (Å²) >= 11 is 0. The molecule has 8 heteroatoms. The van der Waals surface area contributed by atoms with E-state index in [1.54, 1.807) is 0 Å². The van der Waals surface area contributed by atoms with Crippen molar-refractivity contribution >= 4 is 5.91 Å². The van der Waals surface area contributed by atoms with Gasteiger partial charge in [0.15, 0.2) is 0 Å². The van der Waals surface area contributed by atoms with Crippen LogP contribution in [-0.2, 0) is 17.6 Å². The molecule has 0 spiro atoms. The Hall–Kier alpha value is -2.87. The Balaban J connectivity index is 1.53. The van der Waals surface area contributed by atoms with Crippen LogP contribution in [-0.4, -0.2) is 33.7 Å². The number of amides is 1. The van der Waals surface area contributed by atoms with Crippen molar-refractivity contribution in [1.29, 1.82) is 0 Å². The van der Waals surface area contributed by atoms with Crippen molar-refractivity contribution < 1.29 is 14.6 Å². The molecule has 1 saturated carbocycles. The van der Waals surface area contributed by atoms with Crippen LogP contribution < -0.4 is 21.3 Å². The smallest absolute Gasteiger partial charge is 0.325 e. The highest BCUT2D eigenvalue weighted by atomic mass is 16.5. The molecule has 27 heavy (non-hydrogen) atoms. The third-order valence-corrected chi connectivity index (χ3v) is 5.26. The van der Waals surface area contributed by atoms with Crippen molar-refractivity contribution in [2.24, 2.45) is 5.92 Å². The first-order valence-electron chi connectivity index (χ1n) is 9.03. The summed E-state index contributed by atoms with van der Waals surface area (Å²) in [5.41, 5.74) is 1.11. The van der Waals surface area contributed by atoms with E-state index in [0.717, 1.165) is 23.3 Å². The number of carbonyl (C=O) groups excluding carboxylic acids is 1. The van der Waals surface area contributed by atoms with Gasteiger partial charge in [-0.3, -0.25) is 14.6 Å². The number of carbonyl (C=O) groups is 1. The second kappa shape index (κ2) is 7.03. The van der Waals surface area contributed by atoms with Gasteiger partial charge in [-0.1, -0.05) is 6.07 Å². The fraction of sp³-hybridized carbons (Fsp3) is 0.421. The molecule has 142 valence electrons. The first-order valence-corrected chi connectivity index (χ1v) is 9.03. The summed E-state index contributed by atoms with van der Waals surface area (Å²) in [6.07, 6.45) is 2.87. The first-order chi connectivity index (χ1) is 13.0. The second-order valence-corrected chi connectivity index (χ2v) is 7.17. The van der Waals surface area contributed by atoms with Crippen LogP contribution in [0.3, 0.4) is 0 Å². The summed E-state index contributed by atoms with van der Waals surface area (Å²) in [7, 11) is 0. The van der Waals surface area contributed by atoms with E-state index in [2.05, 4.69) is 15.3 Å². The lowest BCUT2D eigenvalue weighted by Gasteiger charge is -2.38. The van der Waals surface area contributed by atoms with Gasteiger partial charge in [0.25, 0.3) is 5.56 Å². The normalized spacial score (nSPS) is 21.7. The number of rotatable bonds is 5. The van der Waals surface area contributed by atoms with Crippen molar-refractivity contribution in [1.82, 2.24) is 15.3 Å². The lowest BCUT2D eigenvalue weighted by Crippen LogP contribution is -2.42. The minimum atomic E-state index is -0.606. The molecule has 1 unspecified atom stereocenters. The number of aliphatic hydroxyl groups is 1. The Morgan fingerprint density at radius 2 is 2.15 bits per heavy atom. The van der Waals surface area contributed by atoms with Crippen LogP contribution >= 0.6 is 0 Å². The van der Waals surface area contributed by atoms with E-state index < -0.39 is 11.2 Å². The van der Waals surface area contributed by atoms with Crippen molar-refractivity contribution in [3.8, 4) is 5.75 Å². The molecule has 1 aliphatic heterocycles. The highest BCUT2D eigenvalue weighted by Gasteiger charge is 2.36. The maximum Gasteiger partial charge on any atom is 0.325 e. The van der Waals surface area contributed by atoms with E-state index in [0.29, 0.717) is 19.4 Å². The molecule has 0 bridgehead atoms. The standard InChI is InChI=1S/C19H21N3O5/c23-14-6-12(7-14)17(11-1-2-15-10(5-11)3-4-27-15)21-16(24)8-13-9-20-19(26)22-18(13)25/h1-2,5,9,12,14,17,23H,3-4,6-8H2,(H,21,24)(H2,20,22,25,26). The fourth-order valence-electron chi connectivity index (χ4n) is 3.74. The van der Waals surface area contributed by atoms with Gasteiger partial charge in [0.05, 0.1) is 25.2 Å². The zero-order chi connectivity index (χ0) is 19.0. The second-order valence-electron chi connectivity index (χ2n) is 7.17. The number of aromatic nitrogens is 2. The number of hydrogen-bond donors (Lipinski definition) is 4. The SMILES string of the molecule is O=C(Cc1c[nH]c(=O)[nH]c1=O)NC(c1ccc2c(c1)CCO2)C1CC(O)C1. The minimum Gasteiger partial charge on any atom is -0.493 e. The molecule has 4 rings (SSSR count). The number of ether oxygens (including phenoxy) is 1. The largest absolute Gasteiger partial charge is 0.493 e. The summed E-state index contributed by atoms with van der Waals surface area (Å²) in [6, 6.07) is 5.66. The van der Waals surface area contributed by atoms with Gasteiger partial charge in [0.2, 0.25) is 5.91 Å². The lowest BCUT2D eigenvalue weighted by atomic mass is 9.74. The molecular formula is C19H21N3O5. The van der Waals surface area contributed by atoms with Crippen LogP contribution in [0, 0.1) is 5.92 Å². The van der Waals surface area contributed by atoms with E-state index in [4.69, 9.17) is 4.74 Å². The van der Waals surface area contributed by atoms with Crippen molar-refractivity contribution in [2.75, 3.05) is 6.61 Å². The van der Waals surface area contributed by atoms with Gasteiger partial charge >= 0.3 is 5.69 Å². The molecule has 1 amide bonds. The third-order valence-electron chi connectivity index (χ3n) is 5.26. The lowest BCUT2D eigenvalue weighted by molar-refractivity contribution is -0.122. The zero-order valence-corrected chi connectivity index (χ0v) is 14.7. The molecule has 1 aliphatic carbocycles. The quantitative estimate of drug-likeness (QED) is 0.596. The predicted molar refractivity (Wildman–Crippen MR) is 96.6 cm³/mol. The molecule has 4 N–H and O–H groups in total. The van der Waals surface area contributed by atoms with Crippen LogP contribution in [0.15, 0.2) is 34.0 Å². The molecular weight excluding hydrogens is 350 g/mol. The minimum absolute atomic E-state index is 0.133. The molecule has 0 saturated heterocycles.